The molecule has 0 saturated heterocycles. The number of allylic oxidation sites excluding steroid dienone is 3. The topological polar surface area (TPSA) is 70.5 Å². The van der Waals surface area contributed by atoms with E-state index in [9.17, 15) is 4.39 Å². The molecule has 2 N–H and O–H groups in total. The number of aryl methyl sites for hydroxylation is 1. The van der Waals surface area contributed by atoms with Crippen LogP contribution in [0.4, 0.5) is 21.6 Å². The summed E-state index contributed by atoms with van der Waals surface area (Å²) in [6.45, 7) is 8.05. The molecule has 0 fully saturated rings. The van der Waals surface area contributed by atoms with Gasteiger partial charge in [-0.1, -0.05) is 18.7 Å². The summed E-state index contributed by atoms with van der Waals surface area (Å²) in [5.41, 5.74) is 4.74. The van der Waals surface area contributed by atoms with Crippen LogP contribution in [0, 0.1) is 12.7 Å². The van der Waals surface area contributed by atoms with Crippen molar-refractivity contribution in [1.82, 2.24) is 9.97 Å². The van der Waals surface area contributed by atoms with Crippen LogP contribution in [-0.2, 0) is 0 Å². The Morgan fingerprint density at radius 1 is 1.29 bits per heavy atom. The van der Waals surface area contributed by atoms with Crippen molar-refractivity contribution in [3.8, 4) is 5.75 Å². The average molecular weight is 423 g/mol. The summed E-state index contributed by atoms with van der Waals surface area (Å²) in [6.07, 6.45) is 7.04. The fourth-order valence-corrected chi connectivity index (χ4v) is 3.61. The zero-order valence-electron chi connectivity index (χ0n) is 18.2. The quantitative estimate of drug-likeness (QED) is 0.506. The molecule has 6 nitrogen and oxygen atoms in total. The van der Waals surface area contributed by atoms with Crippen LogP contribution in [0.5, 0.6) is 5.75 Å². The lowest BCUT2D eigenvalue weighted by atomic mass is 9.99. The van der Waals surface area contributed by atoms with Crippen LogP contribution in [0.15, 0.2) is 49.3 Å². The number of methoxy groups -OCH3 is 1. The highest BCUT2D eigenvalue weighted by Gasteiger charge is 2.19. The Hall–Kier alpha value is -3.45. The number of nitrogens with zero attached hydrogens (tertiary/aromatic N) is 3. The number of aliphatic hydroxyl groups is 1. The zero-order valence-corrected chi connectivity index (χ0v) is 18.2. The Bertz CT molecular complexity index is 1140. The molecule has 2 aromatic heterocycles. The Kier molecular flexibility index (Phi) is 6.87. The SMILES string of the molecule is C=C/C(=C\C)c1cc2c(N(C)c3ncc(NCCO)cc3F)c(C)cnc2cc1OC. The monoisotopic (exact) mass is 422 g/mol. The number of halogens is 1. The maximum absolute atomic E-state index is 14.9. The molecule has 0 atom stereocenters. The number of hydrogen-bond acceptors (Lipinski definition) is 6. The van der Waals surface area contributed by atoms with Gasteiger partial charge in [-0.05, 0) is 31.1 Å². The first kappa shape index (κ1) is 22.2. The first-order valence-electron chi connectivity index (χ1n) is 9.95. The molecule has 0 saturated carbocycles. The van der Waals surface area contributed by atoms with Crippen LogP contribution in [0.25, 0.3) is 16.5 Å². The van der Waals surface area contributed by atoms with Gasteiger partial charge in [-0.2, -0.15) is 0 Å². The molecule has 0 aliphatic carbocycles. The Balaban J connectivity index is 2.18. The summed E-state index contributed by atoms with van der Waals surface area (Å²) in [7, 11) is 3.40. The summed E-state index contributed by atoms with van der Waals surface area (Å²) in [5, 5.41) is 12.7. The van der Waals surface area contributed by atoms with Crippen molar-refractivity contribution in [2.24, 2.45) is 0 Å². The van der Waals surface area contributed by atoms with Crippen molar-refractivity contribution in [2.75, 3.05) is 37.5 Å². The van der Waals surface area contributed by atoms with E-state index in [0.29, 0.717) is 18.0 Å². The molecule has 0 unspecified atom stereocenters. The van der Waals surface area contributed by atoms with Gasteiger partial charge in [-0.3, -0.25) is 4.98 Å². The molecule has 0 radical (unpaired) electrons. The van der Waals surface area contributed by atoms with E-state index >= 15 is 0 Å². The van der Waals surface area contributed by atoms with Gasteiger partial charge < -0.3 is 20.1 Å². The Labute approximate surface area is 181 Å². The molecule has 31 heavy (non-hydrogen) atoms. The molecule has 3 aromatic rings. The molecule has 0 aliphatic heterocycles. The highest BCUT2D eigenvalue weighted by Crippen LogP contribution is 2.38. The largest absolute Gasteiger partial charge is 0.496 e. The number of hydrogen-bond donors (Lipinski definition) is 2. The molecule has 2 heterocycles. The molecule has 0 spiro atoms. The van der Waals surface area contributed by atoms with Gasteiger partial charge >= 0.3 is 0 Å². The molecule has 0 aliphatic rings. The maximum Gasteiger partial charge on any atom is 0.169 e. The number of pyridine rings is 2. The van der Waals surface area contributed by atoms with Gasteiger partial charge in [0.2, 0.25) is 0 Å². The number of ether oxygens (including phenoxy) is 1. The fraction of sp³-hybridized carbons (Fsp3) is 0.250. The van der Waals surface area contributed by atoms with E-state index in [0.717, 1.165) is 33.3 Å². The van der Waals surface area contributed by atoms with Crippen LogP contribution in [0.1, 0.15) is 18.1 Å². The van der Waals surface area contributed by atoms with Crippen molar-refractivity contribution >= 4 is 33.7 Å². The van der Waals surface area contributed by atoms with E-state index in [1.165, 1.54) is 6.07 Å². The van der Waals surface area contributed by atoms with Gasteiger partial charge in [0.05, 0.1) is 36.8 Å². The minimum atomic E-state index is -0.469. The lowest BCUT2D eigenvalue weighted by molar-refractivity contribution is 0.311. The molecular weight excluding hydrogens is 395 g/mol. The third kappa shape index (κ3) is 4.36. The van der Waals surface area contributed by atoms with Crippen molar-refractivity contribution in [3.63, 3.8) is 0 Å². The normalized spacial score (nSPS) is 11.5. The van der Waals surface area contributed by atoms with Crippen LogP contribution in [-0.4, -0.2) is 42.4 Å². The van der Waals surface area contributed by atoms with Gasteiger partial charge in [0.1, 0.15) is 5.75 Å². The van der Waals surface area contributed by atoms with Crippen LogP contribution in [0.2, 0.25) is 0 Å². The molecule has 7 heteroatoms. The number of nitrogens with one attached hydrogen (secondary N) is 1. The molecule has 0 bridgehead atoms. The number of aromatic nitrogens is 2. The van der Waals surface area contributed by atoms with Gasteiger partial charge in [0.25, 0.3) is 0 Å². The van der Waals surface area contributed by atoms with E-state index in [1.54, 1.807) is 37.5 Å². The second-order valence-electron chi connectivity index (χ2n) is 7.05. The van der Waals surface area contributed by atoms with Crippen molar-refractivity contribution < 1.29 is 14.2 Å². The number of anilines is 3. The van der Waals surface area contributed by atoms with Crippen LogP contribution >= 0.6 is 0 Å². The summed E-state index contributed by atoms with van der Waals surface area (Å²) < 4.78 is 20.5. The summed E-state index contributed by atoms with van der Waals surface area (Å²) in [6, 6.07) is 5.24. The molecule has 1 aromatic carbocycles. The predicted molar refractivity (Wildman–Crippen MR) is 125 cm³/mol. The molecule has 162 valence electrons. The third-order valence-electron chi connectivity index (χ3n) is 5.10. The number of benzene rings is 1. The second kappa shape index (κ2) is 9.57. The van der Waals surface area contributed by atoms with Gasteiger partial charge in [0.15, 0.2) is 11.6 Å². The fourth-order valence-electron chi connectivity index (χ4n) is 3.61. The third-order valence-corrected chi connectivity index (χ3v) is 5.10. The highest BCUT2D eigenvalue weighted by atomic mass is 19.1. The number of fused-ring (bicyclic) bond motifs is 1. The van der Waals surface area contributed by atoms with E-state index in [1.807, 2.05) is 32.1 Å². The molecule has 0 amide bonds. The predicted octanol–water partition coefficient (Wildman–Crippen LogP) is 4.85. The van der Waals surface area contributed by atoms with Crippen molar-refractivity contribution in [1.29, 1.82) is 0 Å². The van der Waals surface area contributed by atoms with Crippen LogP contribution in [0.3, 0.4) is 0 Å². The van der Waals surface area contributed by atoms with E-state index in [-0.39, 0.29) is 12.4 Å². The van der Waals surface area contributed by atoms with E-state index < -0.39 is 5.82 Å². The first-order valence-corrected chi connectivity index (χ1v) is 9.95. The van der Waals surface area contributed by atoms with Crippen molar-refractivity contribution in [3.05, 3.63) is 66.3 Å². The minimum absolute atomic E-state index is 0.0455. The van der Waals surface area contributed by atoms with Gasteiger partial charge in [-0.15, -0.1) is 0 Å². The smallest absolute Gasteiger partial charge is 0.169 e. The second-order valence-corrected chi connectivity index (χ2v) is 7.05. The lowest BCUT2D eigenvalue weighted by Crippen LogP contribution is -2.16. The van der Waals surface area contributed by atoms with Gasteiger partial charge in [0, 0.05) is 42.9 Å². The summed E-state index contributed by atoms with van der Waals surface area (Å²) >= 11 is 0. The van der Waals surface area contributed by atoms with Gasteiger partial charge in [-0.25, -0.2) is 9.37 Å². The number of rotatable bonds is 8. The minimum Gasteiger partial charge on any atom is -0.496 e. The molecule has 3 rings (SSSR count). The number of aliphatic hydroxyl groups excluding tert-OH is 1. The van der Waals surface area contributed by atoms with E-state index in [2.05, 4.69) is 21.9 Å². The highest BCUT2D eigenvalue weighted by molar-refractivity contribution is 5.99. The lowest BCUT2D eigenvalue weighted by Gasteiger charge is -2.24. The zero-order chi connectivity index (χ0) is 22.5. The Morgan fingerprint density at radius 2 is 2.06 bits per heavy atom. The summed E-state index contributed by atoms with van der Waals surface area (Å²) in [4.78, 5) is 10.6. The standard InChI is InChI=1S/C24H27FN4O2/c1-6-16(7-2)18-11-19-21(12-22(18)31-5)27-13-15(3)23(19)29(4)24-20(25)10-17(14-28-24)26-8-9-30/h6-7,10-14,26,30H,1,8-9H2,2-5H3/b16-7+. The van der Waals surface area contributed by atoms with Crippen LogP contribution < -0.4 is 15.0 Å². The first-order chi connectivity index (χ1) is 14.9. The van der Waals surface area contributed by atoms with E-state index in [4.69, 9.17) is 9.84 Å². The molecular formula is C24H27FN4O2. The van der Waals surface area contributed by atoms with Crippen molar-refractivity contribution in [2.45, 2.75) is 13.8 Å². The average Bonchev–Trinajstić information content (AvgIpc) is 2.77. The Morgan fingerprint density at radius 3 is 2.68 bits per heavy atom. The maximum atomic E-state index is 14.9. The summed E-state index contributed by atoms with van der Waals surface area (Å²) in [5.74, 6) is 0.412.